The number of halogens is 1. The summed E-state index contributed by atoms with van der Waals surface area (Å²) in [5, 5.41) is 3.38. The number of rotatable bonds is 2. The molecule has 1 aliphatic heterocycles. The minimum absolute atomic E-state index is 0.0938. The highest BCUT2D eigenvalue weighted by atomic mass is 19.1. The minimum atomic E-state index is -0.0938. The number of hydrogen-bond donors (Lipinski definition) is 1. The molecule has 15 heavy (non-hydrogen) atoms. The van der Waals surface area contributed by atoms with Crippen LogP contribution in [0.5, 0.6) is 0 Å². The maximum absolute atomic E-state index is 13.4. The minimum Gasteiger partial charge on any atom is -0.312 e. The average Bonchev–Trinajstić information content (AvgIpc) is 2.22. The zero-order valence-electron chi connectivity index (χ0n) is 9.04. The van der Waals surface area contributed by atoms with Crippen LogP contribution < -0.4 is 5.32 Å². The number of benzene rings is 1. The van der Waals surface area contributed by atoms with Gasteiger partial charge in [-0.3, -0.25) is 4.90 Å². The maximum Gasteiger partial charge on any atom is 0.127 e. The molecule has 1 aliphatic rings. The summed E-state index contributed by atoms with van der Waals surface area (Å²) < 4.78 is 13.4. The number of hydrogen-bond acceptors (Lipinski definition) is 2. The van der Waals surface area contributed by atoms with E-state index in [4.69, 9.17) is 0 Å². The summed E-state index contributed by atoms with van der Waals surface area (Å²) in [6.45, 7) is 5.87. The van der Waals surface area contributed by atoms with E-state index < -0.39 is 0 Å². The fourth-order valence-corrected chi connectivity index (χ4v) is 2.02. The molecule has 0 aromatic heterocycles. The van der Waals surface area contributed by atoms with Gasteiger partial charge in [-0.2, -0.15) is 0 Å². The lowest BCUT2D eigenvalue weighted by Crippen LogP contribution is -2.48. The Hall–Kier alpha value is -0.930. The van der Waals surface area contributed by atoms with Crippen molar-refractivity contribution in [2.24, 2.45) is 0 Å². The molecule has 1 atom stereocenters. The number of nitrogens with one attached hydrogen (secondary N) is 1. The van der Waals surface area contributed by atoms with Crippen molar-refractivity contribution in [3.8, 4) is 0 Å². The fourth-order valence-electron chi connectivity index (χ4n) is 2.02. The molecule has 1 aromatic carbocycles. The van der Waals surface area contributed by atoms with Crippen LogP contribution >= 0.6 is 0 Å². The zero-order chi connectivity index (χ0) is 10.7. The Balaban J connectivity index is 1.99. The molecule has 0 saturated carbocycles. The lowest BCUT2D eigenvalue weighted by molar-refractivity contribution is 0.197. The van der Waals surface area contributed by atoms with Gasteiger partial charge in [0.2, 0.25) is 0 Å². The van der Waals surface area contributed by atoms with Crippen molar-refractivity contribution >= 4 is 0 Å². The molecule has 3 heteroatoms. The highest BCUT2D eigenvalue weighted by Crippen LogP contribution is 2.11. The van der Waals surface area contributed by atoms with Crippen LogP contribution in [-0.4, -0.2) is 30.6 Å². The second-order valence-corrected chi connectivity index (χ2v) is 4.18. The van der Waals surface area contributed by atoms with Crippen molar-refractivity contribution in [2.75, 3.05) is 19.6 Å². The van der Waals surface area contributed by atoms with E-state index in [2.05, 4.69) is 17.1 Å². The summed E-state index contributed by atoms with van der Waals surface area (Å²) in [7, 11) is 0. The summed E-state index contributed by atoms with van der Waals surface area (Å²) in [5.74, 6) is -0.0938. The van der Waals surface area contributed by atoms with Crippen molar-refractivity contribution in [1.29, 1.82) is 0 Å². The van der Waals surface area contributed by atoms with Gasteiger partial charge < -0.3 is 5.32 Å². The first-order valence-electron chi connectivity index (χ1n) is 5.45. The van der Waals surface area contributed by atoms with Gasteiger partial charge in [0.25, 0.3) is 0 Å². The highest BCUT2D eigenvalue weighted by molar-refractivity contribution is 5.17. The molecule has 2 rings (SSSR count). The molecule has 0 aliphatic carbocycles. The summed E-state index contributed by atoms with van der Waals surface area (Å²) in [5.41, 5.74) is 0.798. The maximum atomic E-state index is 13.4. The van der Waals surface area contributed by atoms with Gasteiger partial charge in [0.15, 0.2) is 0 Å². The average molecular weight is 208 g/mol. The third-order valence-corrected chi connectivity index (χ3v) is 2.80. The quantitative estimate of drug-likeness (QED) is 0.794. The third-order valence-electron chi connectivity index (χ3n) is 2.80. The molecule has 0 bridgehead atoms. The Morgan fingerprint density at radius 1 is 1.47 bits per heavy atom. The lowest BCUT2D eigenvalue weighted by atomic mass is 10.1. The van der Waals surface area contributed by atoms with Gasteiger partial charge in [0.05, 0.1) is 0 Å². The lowest BCUT2D eigenvalue weighted by Gasteiger charge is -2.31. The largest absolute Gasteiger partial charge is 0.312 e. The number of nitrogens with zero attached hydrogens (tertiary/aromatic N) is 1. The Bertz CT molecular complexity index is 327. The van der Waals surface area contributed by atoms with E-state index in [9.17, 15) is 4.39 Å². The Labute approximate surface area is 90.1 Å². The first-order chi connectivity index (χ1) is 7.25. The Morgan fingerprint density at radius 2 is 2.27 bits per heavy atom. The van der Waals surface area contributed by atoms with Crippen molar-refractivity contribution < 1.29 is 4.39 Å². The highest BCUT2D eigenvalue weighted by Gasteiger charge is 2.16. The zero-order valence-corrected chi connectivity index (χ0v) is 9.04. The first-order valence-corrected chi connectivity index (χ1v) is 5.45. The van der Waals surface area contributed by atoms with Crippen molar-refractivity contribution in [3.63, 3.8) is 0 Å². The molecular weight excluding hydrogens is 191 g/mol. The van der Waals surface area contributed by atoms with Gasteiger partial charge in [-0.1, -0.05) is 18.2 Å². The molecule has 0 amide bonds. The SMILES string of the molecule is C[C@@H]1CN(Cc2ccccc2F)CCN1. The van der Waals surface area contributed by atoms with Crippen molar-refractivity contribution in [2.45, 2.75) is 19.5 Å². The molecule has 1 N–H and O–H groups in total. The van der Waals surface area contributed by atoms with Gasteiger partial charge in [-0.05, 0) is 13.0 Å². The summed E-state index contributed by atoms with van der Waals surface area (Å²) in [4.78, 5) is 2.29. The standard InChI is InChI=1S/C12H17FN2/c1-10-8-15(7-6-14-10)9-11-4-2-3-5-12(11)13/h2-5,10,14H,6-9H2,1H3/t10-/m1/s1. The smallest absolute Gasteiger partial charge is 0.127 e. The van der Waals surface area contributed by atoms with E-state index in [1.165, 1.54) is 6.07 Å². The topological polar surface area (TPSA) is 15.3 Å². The molecule has 2 nitrogen and oxygen atoms in total. The summed E-state index contributed by atoms with van der Waals surface area (Å²) >= 11 is 0. The predicted molar refractivity (Wildman–Crippen MR) is 59.1 cm³/mol. The van der Waals surface area contributed by atoms with Gasteiger partial charge in [0, 0.05) is 37.8 Å². The molecule has 1 heterocycles. The van der Waals surface area contributed by atoms with Crippen molar-refractivity contribution in [3.05, 3.63) is 35.6 Å². The summed E-state index contributed by atoms with van der Waals surface area (Å²) in [6, 6.07) is 7.53. The van der Waals surface area contributed by atoms with E-state index in [0.29, 0.717) is 6.04 Å². The second kappa shape index (κ2) is 4.73. The molecule has 1 fully saturated rings. The van der Waals surface area contributed by atoms with Crippen LogP contribution in [0.2, 0.25) is 0 Å². The molecule has 82 valence electrons. The van der Waals surface area contributed by atoms with Crippen LogP contribution in [-0.2, 0) is 6.54 Å². The predicted octanol–water partition coefficient (Wildman–Crippen LogP) is 1.62. The number of piperazine rings is 1. The van der Waals surface area contributed by atoms with E-state index >= 15 is 0 Å². The van der Waals surface area contributed by atoms with Gasteiger partial charge >= 0.3 is 0 Å². The van der Waals surface area contributed by atoms with Crippen molar-refractivity contribution in [1.82, 2.24) is 10.2 Å². The molecule has 0 spiro atoms. The second-order valence-electron chi connectivity index (χ2n) is 4.18. The van der Waals surface area contributed by atoms with Gasteiger partial charge in [-0.15, -0.1) is 0 Å². The molecule has 1 aromatic rings. The van der Waals surface area contributed by atoms with Crippen LogP contribution in [0.15, 0.2) is 24.3 Å². The monoisotopic (exact) mass is 208 g/mol. The Kier molecular flexibility index (Phi) is 3.34. The first kappa shape index (κ1) is 10.6. The van der Waals surface area contributed by atoms with Crippen LogP contribution in [0.25, 0.3) is 0 Å². The summed E-state index contributed by atoms with van der Waals surface area (Å²) in [6.07, 6.45) is 0. The van der Waals surface area contributed by atoms with Crippen LogP contribution in [0.4, 0.5) is 4.39 Å². The van der Waals surface area contributed by atoms with E-state index in [-0.39, 0.29) is 5.82 Å². The molecule has 0 unspecified atom stereocenters. The molecule has 1 saturated heterocycles. The molecular formula is C12H17FN2. The van der Waals surface area contributed by atoms with Gasteiger partial charge in [0.1, 0.15) is 5.82 Å². The van der Waals surface area contributed by atoms with E-state index in [0.717, 1.165) is 31.7 Å². The van der Waals surface area contributed by atoms with E-state index in [1.807, 2.05) is 12.1 Å². The van der Waals surface area contributed by atoms with Crippen LogP contribution in [0.3, 0.4) is 0 Å². The van der Waals surface area contributed by atoms with Gasteiger partial charge in [-0.25, -0.2) is 4.39 Å². The normalized spacial score (nSPS) is 22.9. The van der Waals surface area contributed by atoms with Crippen LogP contribution in [0, 0.1) is 5.82 Å². The molecule has 0 radical (unpaired) electrons. The Morgan fingerprint density at radius 3 is 3.00 bits per heavy atom. The van der Waals surface area contributed by atoms with Crippen LogP contribution in [0.1, 0.15) is 12.5 Å². The van der Waals surface area contributed by atoms with E-state index in [1.54, 1.807) is 6.07 Å². The third kappa shape index (κ3) is 2.76. The fraction of sp³-hybridized carbons (Fsp3) is 0.500.